The molecule has 5 amide bonds. The lowest BCUT2D eigenvalue weighted by Gasteiger charge is -2.27. The number of aliphatic carboxylic acids is 1. The van der Waals surface area contributed by atoms with E-state index in [1.807, 2.05) is 4.90 Å². The third-order valence-electron chi connectivity index (χ3n) is 12.2. The SMILES string of the molecule is CC(C)(C)OC(=O)CC[C@H](NC(=O)N[C@@H](CCC(=O)N[C@@H](CCCCN(Cc1nccn1CC(=O)N(CC(=O)OC(C)(C)C)CC(=O)OC(C)(C)C)Cc1nccn1CC(=O)N(CC(=O)OC(C)(C)C)CC(=O)OC(C)(C)C)C(=O)O)C(=O)OC(C)(C)C)C(=O)OC(C)(C)C. The number of imidazole rings is 2. The van der Waals surface area contributed by atoms with Gasteiger partial charge in [-0.25, -0.2) is 29.1 Å². The summed E-state index contributed by atoms with van der Waals surface area (Å²) in [6, 6.07) is -5.37. The Hall–Kier alpha value is -8.18. The number of carboxylic acids is 1. The largest absolute Gasteiger partial charge is 0.480 e. The molecule has 2 aromatic heterocycles. The quantitative estimate of drug-likeness (QED) is 0.0391. The Kier molecular flexibility index (Phi) is 31.0. The summed E-state index contributed by atoms with van der Waals surface area (Å²) in [7, 11) is 0. The number of ether oxygens (including phenoxy) is 7. The summed E-state index contributed by atoms with van der Waals surface area (Å²) >= 11 is 0. The number of carbonyl (C=O) groups is 12. The zero-order valence-electron chi connectivity index (χ0n) is 59.7. The Labute approximate surface area is 558 Å². The van der Waals surface area contributed by atoms with Crippen molar-refractivity contribution in [1.82, 2.24) is 49.8 Å². The molecule has 3 atom stereocenters. The van der Waals surface area contributed by atoms with Crippen molar-refractivity contribution in [2.75, 3.05) is 32.7 Å². The lowest BCUT2D eigenvalue weighted by molar-refractivity contribution is -0.165. The maximum Gasteiger partial charge on any atom is 0.329 e. The van der Waals surface area contributed by atoms with Gasteiger partial charge in [0.25, 0.3) is 0 Å². The topological polar surface area (TPSA) is 371 Å². The van der Waals surface area contributed by atoms with Crippen LogP contribution in [0.5, 0.6) is 0 Å². The number of esters is 7. The molecule has 0 aliphatic heterocycles. The van der Waals surface area contributed by atoms with E-state index < -0.39 is 175 Å². The first-order valence-electron chi connectivity index (χ1n) is 31.7. The summed E-state index contributed by atoms with van der Waals surface area (Å²) in [6.45, 7) is 31.5. The molecule has 0 spiro atoms. The lowest BCUT2D eigenvalue weighted by atomic mass is 10.1. The van der Waals surface area contributed by atoms with Gasteiger partial charge in [0, 0.05) is 37.6 Å². The molecule has 0 unspecified atom stereocenters. The Morgan fingerprint density at radius 1 is 0.432 bits per heavy atom. The monoisotopic (exact) mass is 1350 g/mol. The van der Waals surface area contributed by atoms with Crippen LogP contribution in [0.25, 0.3) is 0 Å². The molecule has 536 valence electrons. The number of hydrogen-bond donors (Lipinski definition) is 4. The zero-order valence-corrected chi connectivity index (χ0v) is 59.7. The van der Waals surface area contributed by atoms with E-state index in [0.717, 1.165) is 9.80 Å². The van der Waals surface area contributed by atoms with Crippen LogP contribution in [0.3, 0.4) is 0 Å². The van der Waals surface area contributed by atoms with Crippen molar-refractivity contribution >= 4 is 71.5 Å². The first-order chi connectivity index (χ1) is 43.2. The summed E-state index contributed by atoms with van der Waals surface area (Å²) < 4.78 is 41.3. The number of rotatable bonds is 33. The van der Waals surface area contributed by atoms with E-state index in [-0.39, 0.29) is 58.2 Å². The third kappa shape index (κ3) is 36.9. The number of aromatic nitrogens is 4. The number of carbonyl (C=O) groups excluding carboxylic acids is 11. The van der Waals surface area contributed by atoms with Crippen molar-refractivity contribution in [3.05, 3.63) is 36.4 Å². The third-order valence-corrected chi connectivity index (χ3v) is 12.2. The van der Waals surface area contributed by atoms with Gasteiger partial charge in [-0.1, -0.05) is 0 Å². The number of amides is 5. The summed E-state index contributed by atoms with van der Waals surface area (Å²) in [4.78, 5) is 173. The second-order valence-electron chi connectivity index (χ2n) is 29.9. The van der Waals surface area contributed by atoms with Crippen LogP contribution in [0.15, 0.2) is 24.8 Å². The van der Waals surface area contributed by atoms with Gasteiger partial charge in [-0.3, -0.25) is 43.3 Å². The summed E-state index contributed by atoms with van der Waals surface area (Å²) in [6.07, 6.45) is 4.87. The summed E-state index contributed by atoms with van der Waals surface area (Å²) in [5.41, 5.74) is -6.51. The molecule has 0 aromatic carbocycles. The van der Waals surface area contributed by atoms with E-state index in [1.165, 1.54) is 33.9 Å². The van der Waals surface area contributed by atoms with Gasteiger partial charge >= 0.3 is 53.8 Å². The molecule has 0 saturated carbocycles. The fraction of sp³-hybridized carbons (Fsp3) is 0.723. The highest BCUT2D eigenvalue weighted by molar-refractivity contribution is 5.90. The van der Waals surface area contributed by atoms with Crippen molar-refractivity contribution in [2.45, 2.75) is 274 Å². The minimum atomic E-state index is -1.50. The first kappa shape index (κ1) is 82.9. The molecule has 0 aliphatic carbocycles. The Morgan fingerprint density at radius 3 is 1.08 bits per heavy atom. The standard InChI is InChI=1S/C65H106N10O20/c1-59(2,3)89-50(79)28-26-44(57(87)95-65(19,20)21)70-58(88)69-43(56(86)94-64(16,17)18)25-27-47(76)68-42(55(84)85)24-22-23-31-71(34-45-66-29-32-72(45)36-48(77)74(38-51(80)90-60(4,5)6)39-52(81)91-61(7,8)9)35-46-67-30-33-73(46)37-49(78)75(40-53(82)92-62(10,11)12)41-54(83)93-63(13,14)15/h29-30,32-33,42-44H,22-28,31,34-41H2,1-21H3,(H,68,76)(H,84,85)(H2,69,70,88)/t42-,43-,44-/m0/s1. The van der Waals surface area contributed by atoms with Crippen molar-refractivity contribution in [3.63, 3.8) is 0 Å². The average molecular weight is 1350 g/mol. The van der Waals surface area contributed by atoms with Gasteiger partial charge in [-0.2, -0.15) is 0 Å². The predicted octanol–water partition coefficient (Wildman–Crippen LogP) is 5.47. The zero-order chi connectivity index (χ0) is 72.8. The van der Waals surface area contributed by atoms with E-state index in [9.17, 15) is 62.6 Å². The molecule has 0 bridgehead atoms. The molecule has 4 N–H and O–H groups in total. The molecule has 30 nitrogen and oxygen atoms in total. The number of urea groups is 1. The molecule has 2 aromatic rings. The maximum absolute atomic E-state index is 14.1. The van der Waals surface area contributed by atoms with E-state index in [0.29, 0.717) is 11.6 Å². The van der Waals surface area contributed by atoms with Gasteiger partial charge < -0.3 is 73.1 Å². The van der Waals surface area contributed by atoms with Crippen LogP contribution >= 0.6 is 0 Å². The van der Waals surface area contributed by atoms with Gasteiger partial charge in [0.05, 0.1) is 13.1 Å². The smallest absolute Gasteiger partial charge is 0.329 e. The van der Waals surface area contributed by atoms with E-state index in [1.54, 1.807) is 145 Å². The van der Waals surface area contributed by atoms with Crippen molar-refractivity contribution in [2.24, 2.45) is 0 Å². The number of nitrogens with one attached hydrogen (secondary N) is 3. The highest BCUT2D eigenvalue weighted by Gasteiger charge is 2.34. The van der Waals surface area contributed by atoms with Crippen LogP contribution in [0.4, 0.5) is 4.79 Å². The second kappa shape index (κ2) is 35.5. The average Bonchev–Trinajstić information content (AvgIpc) is 1.79. The van der Waals surface area contributed by atoms with Gasteiger partial charge in [-0.15, -0.1) is 0 Å². The molecule has 95 heavy (non-hydrogen) atoms. The van der Waals surface area contributed by atoms with E-state index in [4.69, 9.17) is 33.2 Å². The molecule has 2 heterocycles. The summed E-state index contributed by atoms with van der Waals surface area (Å²) in [5, 5.41) is 17.8. The predicted molar refractivity (Wildman–Crippen MR) is 344 cm³/mol. The van der Waals surface area contributed by atoms with Crippen molar-refractivity contribution < 1.29 is 95.8 Å². The molecule has 0 aliphatic rings. The van der Waals surface area contributed by atoms with Crippen LogP contribution in [0, 0.1) is 0 Å². The van der Waals surface area contributed by atoms with Crippen LogP contribution in [0.2, 0.25) is 0 Å². The molecular formula is C65H106N10O20. The number of unbranched alkanes of at least 4 members (excludes halogenated alkanes) is 1. The number of carboxylic acid groups (broad SMARTS) is 1. The van der Waals surface area contributed by atoms with Crippen LogP contribution in [-0.4, -0.2) is 200 Å². The molecule has 0 radical (unpaired) electrons. The lowest BCUT2D eigenvalue weighted by Crippen LogP contribution is -2.53. The highest BCUT2D eigenvalue weighted by atomic mass is 16.6. The van der Waals surface area contributed by atoms with E-state index >= 15 is 0 Å². The molecular weight excluding hydrogens is 1240 g/mol. The minimum absolute atomic E-state index is 0.0136. The number of hydrogen-bond acceptors (Lipinski definition) is 22. The Balaban J connectivity index is 2.50. The molecule has 30 heteroatoms. The second-order valence-corrected chi connectivity index (χ2v) is 29.9. The van der Waals surface area contributed by atoms with Crippen LogP contribution in [-0.2, 0) is 112 Å². The maximum atomic E-state index is 14.1. The van der Waals surface area contributed by atoms with Crippen molar-refractivity contribution in [3.8, 4) is 0 Å². The van der Waals surface area contributed by atoms with Gasteiger partial charge in [0.15, 0.2) is 0 Å². The van der Waals surface area contributed by atoms with Gasteiger partial charge in [0.1, 0.15) is 108 Å². The molecule has 0 saturated heterocycles. The van der Waals surface area contributed by atoms with Gasteiger partial charge in [-0.05, 0) is 184 Å². The first-order valence-corrected chi connectivity index (χ1v) is 31.7. The fourth-order valence-corrected chi connectivity index (χ4v) is 8.70. The van der Waals surface area contributed by atoms with Crippen LogP contribution < -0.4 is 16.0 Å². The Bertz CT molecular complexity index is 2780. The molecule has 0 fully saturated rings. The number of nitrogens with zero attached hydrogens (tertiary/aromatic N) is 7. The van der Waals surface area contributed by atoms with Crippen molar-refractivity contribution in [1.29, 1.82) is 0 Å². The minimum Gasteiger partial charge on any atom is -0.480 e. The van der Waals surface area contributed by atoms with E-state index in [2.05, 4.69) is 25.9 Å². The van der Waals surface area contributed by atoms with Crippen LogP contribution in [0.1, 0.15) is 202 Å². The summed E-state index contributed by atoms with van der Waals surface area (Å²) in [5.74, 6) is -8.41. The Morgan fingerprint density at radius 2 is 0.758 bits per heavy atom. The highest BCUT2D eigenvalue weighted by Crippen LogP contribution is 2.19. The normalized spacial score (nSPS) is 13.2. The van der Waals surface area contributed by atoms with Gasteiger partial charge in [0.2, 0.25) is 17.7 Å². The fourth-order valence-electron chi connectivity index (χ4n) is 8.70. The molecule has 2 rings (SSSR count).